The predicted molar refractivity (Wildman–Crippen MR) is 127 cm³/mol. The molecule has 0 aromatic heterocycles. The van der Waals surface area contributed by atoms with Gasteiger partial charge in [-0.2, -0.15) is 0 Å². The van der Waals surface area contributed by atoms with Crippen LogP contribution in [0.4, 0.5) is 0 Å². The molecule has 0 heterocycles. The molecule has 6 heteroatoms. The number of hydrogen-bond donors (Lipinski definition) is 0. The van der Waals surface area contributed by atoms with Crippen LogP contribution in [-0.2, 0) is 12.4 Å². The van der Waals surface area contributed by atoms with Crippen molar-refractivity contribution >= 4 is 27.8 Å². The van der Waals surface area contributed by atoms with Gasteiger partial charge in [-0.3, -0.25) is 4.79 Å². The van der Waals surface area contributed by atoms with Crippen LogP contribution in [-0.4, -0.2) is 33.3 Å². The standard InChI is InChI=1S/C18H36O2.C7H6O2.Al.H2O/c1-2-3-4-5-6-7-8-9-10-11-12-13-14-15-16-17-18(19)20;8-7(9)6-4-2-1-3-5-6;;/h2-17H2,1H3,(H,19,20);1-5H,(H,8,9);;1H2/q;;+2;/p-2. The Bertz CT molecular complexity index is 550. The fourth-order valence-electron chi connectivity index (χ4n) is 3.46. The van der Waals surface area contributed by atoms with Crippen LogP contribution in [0.2, 0.25) is 0 Å². The number of benzene rings is 1. The first-order valence-electron chi connectivity index (χ1n) is 12.0. The van der Waals surface area contributed by atoms with Crippen LogP contribution in [0.3, 0.4) is 0 Å². The molecule has 0 aliphatic heterocycles. The molecule has 0 bridgehead atoms. The highest BCUT2D eigenvalue weighted by Gasteiger charge is 2.14. The summed E-state index contributed by atoms with van der Waals surface area (Å²) in [5.74, 6) is -0.703. The summed E-state index contributed by atoms with van der Waals surface area (Å²) < 4.78 is 10.1. The maximum Gasteiger partial charge on any atom is 0.886 e. The van der Waals surface area contributed by atoms with Crippen LogP contribution in [0.5, 0.6) is 0 Å². The molecule has 0 aliphatic carbocycles. The maximum atomic E-state index is 11.7. The highest BCUT2D eigenvalue weighted by Crippen LogP contribution is 2.13. The van der Waals surface area contributed by atoms with Crippen LogP contribution in [0.25, 0.3) is 0 Å². The monoisotopic (exact) mass is 449 g/mol. The van der Waals surface area contributed by atoms with Crippen molar-refractivity contribution in [3.05, 3.63) is 35.9 Å². The van der Waals surface area contributed by atoms with Crippen LogP contribution >= 0.6 is 0 Å². The lowest BCUT2D eigenvalue weighted by Gasteiger charge is -2.06. The largest absolute Gasteiger partial charge is 0.886 e. The lowest BCUT2D eigenvalue weighted by Crippen LogP contribution is -2.16. The molecule has 1 aromatic rings. The average molecular weight is 450 g/mol. The van der Waals surface area contributed by atoms with Crippen molar-refractivity contribution < 1.29 is 22.6 Å². The van der Waals surface area contributed by atoms with Gasteiger partial charge in [-0.1, -0.05) is 115 Å². The fourth-order valence-corrected chi connectivity index (χ4v) is 3.96. The second kappa shape index (κ2) is 21.9. The Balaban J connectivity index is 0.00000900. The molecule has 1 radical (unpaired) electrons. The Morgan fingerprint density at radius 1 is 0.677 bits per heavy atom. The number of carbonyl (C=O) groups excluding carboxylic acids is 2. The molecular weight excluding hydrogens is 407 g/mol. The quantitative estimate of drug-likeness (QED) is 0.182. The summed E-state index contributed by atoms with van der Waals surface area (Å²) in [6.45, 7) is 2.27. The third kappa shape index (κ3) is 18.0. The van der Waals surface area contributed by atoms with E-state index in [1.54, 1.807) is 24.3 Å². The van der Waals surface area contributed by atoms with Crippen molar-refractivity contribution in [3.63, 3.8) is 0 Å². The van der Waals surface area contributed by atoms with Gasteiger partial charge < -0.3 is 13.1 Å². The average Bonchev–Trinajstić information content (AvgIpc) is 2.77. The van der Waals surface area contributed by atoms with Crippen molar-refractivity contribution in [1.29, 1.82) is 0 Å². The third-order valence-corrected chi connectivity index (χ3v) is 6.00. The molecule has 0 atom stereocenters. The lowest BCUT2D eigenvalue weighted by molar-refractivity contribution is -0.135. The molecule has 2 N–H and O–H groups in total. The summed E-state index contributed by atoms with van der Waals surface area (Å²) in [7, 11) is 0. The second-order valence-electron chi connectivity index (χ2n) is 8.06. The SMILES string of the molecule is CCCCCCCCCCCCCCCCCC(=O)[O][Al][O]C(=O)c1ccccc1.O. The highest BCUT2D eigenvalue weighted by atomic mass is 27.2. The van der Waals surface area contributed by atoms with Crippen molar-refractivity contribution in [3.8, 4) is 0 Å². The topological polar surface area (TPSA) is 84.1 Å². The molecule has 0 spiro atoms. The van der Waals surface area contributed by atoms with Gasteiger partial charge in [-0.05, 0) is 18.6 Å². The molecule has 0 amide bonds. The molecule has 31 heavy (non-hydrogen) atoms. The van der Waals surface area contributed by atoms with Crippen LogP contribution in [0.15, 0.2) is 30.3 Å². The van der Waals surface area contributed by atoms with E-state index in [4.69, 9.17) is 7.58 Å². The summed E-state index contributed by atoms with van der Waals surface area (Å²) in [6, 6.07) is 8.74. The van der Waals surface area contributed by atoms with E-state index < -0.39 is 21.9 Å². The second-order valence-corrected chi connectivity index (χ2v) is 8.72. The van der Waals surface area contributed by atoms with Gasteiger partial charge in [0.2, 0.25) is 0 Å². The smallest absolute Gasteiger partial charge is 0.589 e. The first-order chi connectivity index (χ1) is 14.7. The zero-order valence-electron chi connectivity index (χ0n) is 19.4. The molecule has 0 aliphatic rings. The van der Waals surface area contributed by atoms with E-state index in [9.17, 15) is 9.59 Å². The molecule has 0 fully saturated rings. The van der Waals surface area contributed by atoms with Crippen molar-refractivity contribution in [2.45, 2.75) is 110 Å². The molecular formula is C25H42AlO5. The zero-order chi connectivity index (χ0) is 21.7. The molecule has 175 valence electrons. The van der Waals surface area contributed by atoms with Gasteiger partial charge in [0.1, 0.15) is 0 Å². The first kappa shape index (κ1) is 29.7. The van der Waals surface area contributed by atoms with Crippen molar-refractivity contribution in [2.75, 3.05) is 0 Å². The minimum Gasteiger partial charge on any atom is -0.589 e. The third-order valence-electron chi connectivity index (χ3n) is 5.33. The molecule has 5 nitrogen and oxygen atoms in total. The van der Waals surface area contributed by atoms with Crippen LogP contribution < -0.4 is 0 Å². The van der Waals surface area contributed by atoms with E-state index in [1.165, 1.54) is 83.5 Å². The van der Waals surface area contributed by atoms with Crippen molar-refractivity contribution in [1.82, 2.24) is 0 Å². The van der Waals surface area contributed by atoms with Gasteiger partial charge in [0, 0.05) is 6.42 Å². The van der Waals surface area contributed by atoms with E-state index in [0.717, 1.165) is 12.8 Å². The summed E-state index contributed by atoms with van der Waals surface area (Å²) in [5.41, 5.74) is 0.475. The Morgan fingerprint density at radius 2 is 1.13 bits per heavy atom. The Labute approximate surface area is 196 Å². The number of carbonyl (C=O) groups is 2. The molecule has 0 saturated carbocycles. The first-order valence-corrected chi connectivity index (χ1v) is 13.0. The van der Waals surface area contributed by atoms with E-state index in [2.05, 4.69) is 6.92 Å². The van der Waals surface area contributed by atoms with Gasteiger partial charge in [-0.25, -0.2) is 4.79 Å². The summed E-state index contributed by atoms with van der Waals surface area (Å²) in [6.07, 6.45) is 19.9. The van der Waals surface area contributed by atoms with E-state index in [1.807, 2.05) is 6.07 Å². The van der Waals surface area contributed by atoms with Gasteiger partial charge >= 0.3 is 21.9 Å². The summed E-state index contributed by atoms with van der Waals surface area (Å²) in [4.78, 5) is 23.4. The van der Waals surface area contributed by atoms with Crippen molar-refractivity contribution in [2.24, 2.45) is 0 Å². The number of hydrogen-bond acceptors (Lipinski definition) is 4. The molecule has 0 saturated heterocycles. The van der Waals surface area contributed by atoms with Gasteiger partial charge in [0.15, 0.2) is 0 Å². The summed E-state index contributed by atoms with van der Waals surface area (Å²) in [5, 5.41) is 0. The minimum absolute atomic E-state index is 0. The molecule has 0 unspecified atom stereocenters. The van der Waals surface area contributed by atoms with Gasteiger partial charge in [-0.15, -0.1) is 0 Å². The van der Waals surface area contributed by atoms with E-state index in [-0.39, 0.29) is 11.4 Å². The number of unbranched alkanes of at least 4 members (excludes halogenated alkanes) is 14. The predicted octanol–water partition coefficient (Wildman–Crippen LogP) is 6.36. The van der Waals surface area contributed by atoms with E-state index >= 15 is 0 Å². The van der Waals surface area contributed by atoms with Crippen LogP contribution in [0.1, 0.15) is 120 Å². The number of rotatable bonds is 19. The fraction of sp³-hybridized carbons (Fsp3) is 0.680. The molecule has 1 aromatic carbocycles. The normalized spacial score (nSPS) is 10.2. The Kier molecular flexibility index (Phi) is 20.9. The maximum absolute atomic E-state index is 11.7. The van der Waals surface area contributed by atoms with Gasteiger partial charge in [0.05, 0.1) is 5.56 Å². The Hall–Kier alpha value is -1.35. The minimum atomic E-state index is -1.08. The zero-order valence-corrected chi connectivity index (χ0v) is 20.6. The summed E-state index contributed by atoms with van der Waals surface area (Å²) >= 11 is -1.08. The highest BCUT2D eigenvalue weighted by molar-refractivity contribution is 6.27. The van der Waals surface area contributed by atoms with E-state index in [0.29, 0.717) is 12.0 Å². The van der Waals surface area contributed by atoms with Gasteiger partial charge in [0.25, 0.3) is 5.97 Å². The lowest BCUT2D eigenvalue weighted by atomic mass is 10.0. The molecule has 1 rings (SSSR count). The van der Waals surface area contributed by atoms with Crippen LogP contribution in [0, 0.1) is 0 Å². The Morgan fingerprint density at radius 3 is 1.61 bits per heavy atom.